The van der Waals surface area contributed by atoms with E-state index in [-0.39, 0.29) is 24.4 Å². The molecule has 1 atom stereocenters. The van der Waals surface area contributed by atoms with Crippen molar-refractivity contribution < 1.29 is 9.53 Å². The second-order valence-corrected chi connectivity index (χ2v) is 5.50. The maximum Gasteiger partial charge on any atom is 0.256 e. The second-order valence-electron chi connectivity index (χ2n) is 5.50. The molecule has 0 aliphatic carbocycles. The van der Waals surface area contributed by atoms with Gasteiger partial charge in [-0.1, -0.05) is 12.1 Å². The van der Waals surface area contributed by atoms with E-state index >= 15 is 0 Å². The van der Waals surface area contributed by atoms with Crippen LogP contribution >= 0.6 is 12.4 Å². The number of fused-ring (bicyclic) bond motifs is 4. The number of amides is 1. The van der Waals surface area contributed by atoms with Gasteiger partial charge in [0.15, 0.2) is 0 Å². The summed E-state index contributed by atoms with van der Waals surface area (Å²) in [5.74, 6) is 0.959. The molecule has 4 rings (SSSR count). The van der Waals surface area contributed by atoms with E-state index in [1.165, 1.54) is 5.56 Å². The summed E-state index contributed by atoms with van der Waals surface area (Å²) >= 11 is 0. The Hall–Kier alpha value is -2.07. The van der Waals surface area contributed by atoms with Crippen LogP contribution in [0.2, 0.25) is 0 Å². The van der Waals surface area contributed by atoms with Crippen LogP contribution < -0.4 is 4.74 Å². The van der Waals surface area contributed by atoms with E-state index < -0.39 is 0 Å². The number of carbonyl (C=O) groups excluding carboxylic acids is 1. The minimum atomic E-state index is 0. The van der Waals surface area contributed by atoms with E-state index in [2.05, 4.69) is 11.1 Å². The zero-order chi connectivity index (χ0) is 14.4. The molecule has 2 aliphatic rings. The summed E-state index contributed by atoms with van der Waals surface area (Å²) < 4.78 is 5.53. The highest BCUT2D eigenvalue weighted by molar-refractivity contribution is 5.97. The van der Waals surface area contributed by atoms with E-state index in [1.807, 2.05) is 29.2 Å². The lowest BCUT2D eigenvalue weighted by molar-refractivity contribution is 0.0625. The highest BCUT2D eigenvalue weighted by atomic mass is 35.5. The van der Waals surface area contributed by atoms with Crippen LogP contribution in [0.5, 0.6) is 5.75 Å². The van der Waals surface area contributed by atoms with Gasteiger partial charge in [0.1, 0.15) is 5.75 Å². The predicted molar refractivity (Wildman–Crippen MR) is 85.7 cm³/mol. The lowest BCUT2D eigenvalue weighted by atomic mass is 9.85. The van der Waals surface area contributed by atoms with Crippen molar-refractivity contribution in [3.05, 3.63) is 58.9 Å². The third-order valence-corrected chi connectivity index (χ3v) is 4.48. The first-order chi connectivity index (χ1) is 10.3. The minimum absolute atomic E-state index is 0. The molecule has 22 heavy (non-hydrogen) atoms. The van der Waals surface area contributed by atoms with Gasteiger partial charge in [0, 0.05) is 24.7 Å². The molecule has 0 radical (unpaired) electrons. The molecule has 0 bridgehead atoms. The van der Waals surface area contributed by atoms with Crippen molar-refractivity contribution in [1.29, 1.82) is 0 Å². The normalized spacial score (nSPS) is 18.7. The van der Waals surface area contributed by atoms with E-state index in [1.54, 1.807) is 13.3 Å². The number of rotatable bonds is 1. The number of benzene rings is 1. The fourth-order valence-corrected chi connectivity index (χ4v) is 3.50. The second kappa shape index (κ2) is 5.61. The van der Waals surface area contributed by atoms with Crippen LogP contribution in [0.15, 0.2) is 36.5 Å². The summed E-state index contributed by atoms with van der Waals surface area (Å²) in [6.45, 7) is 0.762. The lowest BCUT2D eigenvalue weighted by Gasteiger charge is -2.41. The minimum Gasteiger partial charge on any atom is -0.496 e. The van der Waals surface area contributed by atoms with Gasteiger partial charge in [-0.3, -0.25) is 9.78 Å². The van der Waals surface area contributed by atoms with Crippen LogP contribution in [0.25, 0.3) is 0 Å². The lowest BCUT2D eigenvalue weighted by Crippen LogP contribution is -2.44. The van der Waals surface area contributed by atoms with Crippen molar-refractivity contribution >= 4 is 18.3 Å². The molecule has 0 saturated carbocycles. The number of nitrogens with zero attached hydrogens (tertiary/aromatic N) is 2. The Morgan fingerprint density at radius 3 is 2.95 bits per heavy atom. The molecule has 4 nitrogen and oxygen atoms in total. The molecule has 0 saturated heterocycles. The third kappa shape index (κ3) is 2.06. The Bertz CT molecular complexity index is 718. The SMILES string of the molecule is COc1cccc2c1C1Cc3ncccc3C(=O)N1CC2.Cl. The maximum absolute atomic E-state index is 12.7. The highest BCUT2D eigenvalue weighted by Gasteiger charge is 2.38. The third-order valence-electron chi connectivity index (χ3n) is 4.48. The number of hydrogen-bond acceptors (Lipinski definition) is 3. The van der Waals surface area contributed by atoms with Gasteiger partial charge in [-0.05, 0) is 30.2 Å². The van der Waals surface area contributed by atoms with E-state index in [0.29, 0.717) is 0 Å². The molecule has 114 valence electrons. The molecular weight excluding hydrogens is 300 g/mol. The van der Waals surface area contributed by atoms with Crippen molar-refractivity contribution in [2.24, 2.45) is 0 Å². The zero-order valence-electron chi connectivity index (χ0n) is 12.3. The average Bonchev–Trinajstić information content (AvgIpc) is 2.54. The number of aromatic nitrogens is 1. The van der Waals surface area contributed by atoms with Crippen molar-refractivity contribution in [3.63, 3.8) is 0 Å². The fraction of sp³-hybridized carbons (Fsp3) is 0.294. The van der Waals surface area contributed by atoms with Crippen LogP contribution in [-0.2, 0) is 12.8 Å². The zero-order valence-corrected chi connectivity index (χ0v) is 13.1. The van der Waals surface area contributed by atoms with Gasteiger partial charge in [-0.25, -0.2) is 0 Å². The summed E-state index contributed by atoms with van der Waals surface area (Å²) in [6, 6.07) is 9.87. The molecule has 1 aromatic heterocycles. The molecule has 0 N–H and O–H groups in total. The molecule has 3 heterocycles. The van der Waals surface area contributed by atoms with Gasteiger partial charge in [-0.2, -0.15) is 0 Å². The molecule has 2 aliphatic heterocycles. The molecule has 1 aromatic carbocycles. The summed E-state index contributed by atoms with van der Waals surface area (Å²) in [6.07, 6.45) is 3.40. The van der Waals surface area contributed by atoms with Gasteiger partial charge < -0.3 is 9.64 Å². The first-order valence-corrected chi connectivity index (χ1v) is 7.20. The number of halogens is 1. The number of ether oxygens (including phenoxy) is 1. The Labute approximate surface area is 135 Å². The topological polar surface area (TPSA) is 42.4 Å². The highest BCUT2D eigenvalue weighted by Crippen LogP contribution is 2.41. The number of pyridine rings is 1. The van der Waals surface area contributed by atoms with Crippen LogP contribution in [0.3, 0.4) is 0 Å². The number of carbonyl (C=O) groups is 1. The van der Waals surface area contributed by atoms with Gasteiger partial charge >= 0.3 is 0 Å². The Morgan fingerprint density at radius 1 is 1.27 bits per heavy atom. The predicted octanol–water partition coefficient (Wildman–Crippen LogP) is 2.81. The smallest absolute Gasteiger partial charge is 0.256 e. The van der Waals surface area contributed by atoms with E-state index in [9.17, 15) is 4.79 Å². The molecule has 0 spiro atoms. The Balaban J connectivity index is 0.00000144. The quantitative estimate of drug-likeness (QED) is 0.812. The van der Waals surface area contributed by atoms with Crippen molar-refractivity contribution in [1.82, 2.24) is 9.88 Å². The van der Waals surface area contributed by atoms with Crippen LogP contribution in [0.1, 0.15) is 33.2 Å². The van der Waals surface area contributed by atoms with E-state index in [4.69, 9.17) is 4.74 Å². The molecule has 1 unspecified atom stereocenters. The number of hydrogen-bond donors (Lipinski definition) is 0. The van der Waals surface area contributed by atoms with Crippen molar-refractivity contribution in [2.75, 3.05) is 13.7 Å². The van der Waals surface area contributed by atoms with Gasteiger partial charge in [0.05, 0.1) is 24.4 Å². The monoisotopic (exact) mass is 316 g/mol. The molecular formula is C17H17ClN2O2. The van der Waals surface area contributed by atoms with Crippen molar-refractivity contribution in [3.8, 4) is 5.75 Å². The Morgan fingerprint density at radius 2 is 2.14 bits per heavy atom. The van der Waals surface area contributed by atoms with Crippen LogP contribution in [0.4, 0.5) is 0 Å². The standard InChI is InChI=1S/C17H16N2O2.ClH/c1-21-15-6-2-4-11-7-9-19-14(16(11)15)10-13-12(17(19)20)5-3-8-18-13;/h2-6,8,14H,7,9-10H2,1H3;1H. The number of methoxy groups -OCH3 is 1. The maximum atomic E-state index is 12.7. The first-order valence-electron chi connectivity index (χ1n) is 7.20. The van der Waals surface area contributed by atoms with Gasteiger partial charge in [-0.15, -0.1) is 12.4 Å². The summed E-state index contributed by atoms with van der Waals surface area (Å²) in [7, 11) is 1.69. The van der Waals surface area contributed by atoms with Crippen LogP contribution in [-0.4, -0.2) is 29.4 Å². The first kappa shape index (κ1) is 14.9. The molecule has 1 amide bonds. The molecule has 5 heteroatoms. The van der Waals surface area contributed by atoms with Gasteiger partial charge in [0.25, 0.3) is 5.91 Å². The fourth-order valence-electron chi connectivity index (χ4n) is 3.50. The molecule has 0 fully saturated rings. The average molecular weight is 317 g/mol. The summed E-state index contributed by atoms with van der Waals surface area (Å²) in [5, 5.41) is 0. The van der Waals surface area contributed by atoms with E-state index in [0.717, 1.165) is 42.0 Å². The largest absolute Gasteiger partial charge is 0.496 e. The summed E-state index contributed by atoms with van der Waals surface area (Å²) in [4.78, 5) is 19.1. The molecule has 2 aromatic rings. The van der Waals surface area contributed by atoms with Gasteiger partial charge in [0.2, 0.25) is 0 Å². The summed E-state index contributed by atoms with van der Waals surface area (Å²) in [5.41, 5.74) is 4.06. The van der Waals surface area contributed by atoms with Crippen LogP contribution in [0, 0.1) is 0 Å². The Kier molecular flexibility index (Phi) is 3.79. The van der Waals surface area contributed by atoms with Crippen molar-refractivity contribution in [2.45, 2.75) is 18.9 Å².